The van der Waals surface area contributed by atoms with E-state index < -0.39 is 12.3 Å². The molecule has 0 saturated heterocycles. The van der Waals surface area contributed by atoms with Crippen LogP contribution in [0.1, 0.15) is 18.4 Å². The van der Waals surface area contributed by atoms with Gasteiger partial charge >= 0.3 is 6.18 Å². The van der Waals surface area contributed by atoms with Gasteiger partial charge in [-0.1, -0.05) is 30.3 Å². The van der Waals surface area contributed by atoms with E-state index >= 15 is 0 Å². The van der Waals surface area contributed by atoms with Crippen LogP contribution in [0, 0.1) is 0 Å². The van der Waals surface area contributed by atoms with Crippen molar-refractivity contribution in [3.8, 4) is 0 Å². The molecule has 4 heteroatoms. The lowest BCUT2D eigenvalue weighted by atomic mass is 10.1. The van der Waals surface area contributed by atoms with Crippen molar-refractivity contribution in [1.29, 1.82) is 0 Å². The number of aryl methyl sites for hydroxylation is 1. The highest BCUT2D eigenvalue weighted by molar-refractivity contribution is 5.14. The van der Waals surface area contributed by atoms with Crippen molar-refractivity contribution in [1.82, 2.24) is 0 Å². The van der Waals surface area contributed by atoms with Crippen molar-refractivity contribution in [3.63, 3.8) is 0 Å². The molecule has 1 N–H and O–H groups in total. The van der Waals surface area contributed by atoms with E-state index in [-0.39, 0.29) is 6.42 Å². The first kappa shape index (κ1) is 12.0. The minimum atomic E-state index is -4.49. The Bertz CT molecular complexity index is 282. The minimum absolute atomic E-state index is 0.238. The van der Waals surface area contributed by atoms with Gasteiger partial charge in [0, 0.05) is 0 Å². The molecule has 0 fully saturated rings. The molecular formula is C11H13F3O. The van der Waals surface area contributed by atoms with Crippen LogP contribution < -0.4 is 0 Å². The Hall–Kier alpha value is -1.03. The van der Waals surface area contributed by atoms with Gasteiger partial charge in [-0.25, -0.2) is 0 Å². The molecule has 0 saturated carbocycles. The molecule has 15 heavy (non-hydrogen) atoms. The Morgan fingerprint density at radius 1 is 1.13 bits per heavy atom. The number of hydrogen-bond acceptors (Lipinski definition) is 1. The molecule has 0 aliphatic rings. The second-order valence-electron chi connectivity index (χ2n) is 3.44. The van der Waals surface area contributed by atoms with Gasteiger partial charge in [0.25, 0.3) is 0 Å². The Labute approximate surface area is 86.5 Å². The largest absolute Gasteiger partial charge is 0.414 e. The number of hydrogen-bond donors (Lipinski definition) is 1. The first-order chi connectivity index (χ1) is 7.00. The molecule has 84 valence electrons. The highest BCUT2D eigenvalue weighted by Gasteiger charge is 2.37. The van der Waals surface area contributed by atoms with Crippen molar-refractivity contribution in [2.75, 3.05) is 0 Å². The minimum Gasteiger partial charge on any atom is -0.384 e. The van der Waals surface area contributed by atoms with Gasteiger partial charge in [-0.2, -0.15) is 13.2 Å². The van der Waals surface area contributed by atoms with Crippen LogP contribution in [0.15, 0.2) is 30.3 Å². The van der Waals surface area contributed by atoms with E-state index in [1.807, 2.05) is 30.3 Å². The van der Waals surface area contributed by atoms with E-state index in [0.717, 1.165) is 5.56 Å². The topological polar surface area (TPSA) is 20.2 Å². The van der Waals surface area contributed by atoms with Crippen LogP contribution in [-0.2, 0) is 6.42 Å². The zero-order chi connectivity index (χ0) is 11.3. The van der Waals surface area contributed by atoms with E-state index in [1.165, 1.54) is 0 Å². The monoisotopic (exact) mass is 218 g/mol. The number of alkyl halides is 3. The molecule has 0 bridgehead atoms. The first-order valence-electron chi connectivity index (χ1n) is 4.79. The van der Waals surface area contributed by atoms with Gasteiger partial charge < -0.3 is 5.11 Å². The summed E-state index contributed by atoms with van der Waals surface area (Å²) in [7, 11) is 0. The normalized spacial score (nSPS) is 13.9. The average Bonchev–Trinajstić information content (AvgIpc) is 2.18. The first-order valence-corrected chi connectivity index (χ1v) is 4.79. The Morgan fingerprint density at radius 3 is 2.27 bits per heavy atom. The van der Waals surface area contributed by atoms with Gasteiger partial charge in [-0.15, -0.1) is 0 Å². The number of halogens is 3. The fourth-order valence-electron chi connectivity index (χ4n) is 1.31. The van der Waals surface area contributed by atoms with Crippen molar-refractivity contribution in [3.05, 3.63) is 35.9 Å². The molecule has 1 aromatic carbocycles. The number of benzene rings is 1. The molecule has 0 unspecified atom stereocenters. The standard InChI is InChI=1S/C11H13F3O/c12-11(13,14)10(15)8-4-7-9-5-2-1-3-6-9/h1-3,5-6,10,15H,4,7-8H2/t10-/m1/s1. The molecule has 0 amide bonds. The molecule has 0 radical (unpaired) electrons. The molecule has 0 aliphatic heterocycles. The van der Waals surface area contributed by atoms with Crippen molar-refractivity contribution >= 4 is 0 Å². The molecule has 1 nitrogen and oxygen atoms in total. The van der Waals surface area contributed by atoms with Gasteiger partial charge in [0.15, 0.2) is 0 Å². The van der Waals surface area contributed by atoms with Gasteiger partial charge in [0.1, 0.15) is 6.10 Å². The van der Waals surface area contributed by atoms with Crippen molar-refractivity contribution in [2.45, 2.75) is 31.5 Å². The van der Waals surface area contributed by atoms with Crippen molar-refractivity contribution < 1.29 is 18.3 Å². The fraction of sp³-hybridized carbons (Fsp3) is 0.455. The van der Waals surface area contributed by atoms with E-state index in [4.69, 9.17) is 5.11 Å². The van der Waals surface area contributed by atoms with E-state index in [1.54, 1.807) is 0 Å². The van der Waals surface area contributed by atoms with Crippen LogP contribution in [0.3, 0.4) is 0 Å². The van der Waals surface area contributed by atoms with Crippen LogP contribution in [0.5, 0.6) is 0 Å². The van der Waals surface area contributed by atoms with E-state index in [9.17, 15) is 13.2 Å². The fourth-order valence-corrected chi connectivity index (χ4v) is 1.31. The third-order valence-corrected chi connectivity index (χ3v) is 2.16. The van der Waals surface area contributed by atoms with Gasteiger partial charge in [0.05, 0.1) is 0 Å². The lowest BCUT2D eigenvalue weighted by molar-refractivity contribution is -0.205. The van der Waals surface area contributed by atoms with E-state index in [2.05, 4.69) is 0 Å². The third-order valence-electron chi connectivity index (χ3n) is 2.16. The van der Waals surface area contributed by atoms with E-state index in [0.29, 0.717) is 12.8 Å². The summed E-state index contributed by atoms with van der Waals surface area (Å²) in [6.07, 6.45) is -6.02. The Kier molecular flexibility index (Phi) is 4.15. The van der Waals surface area contributed by atoms with Crippen LogP contribution in [0.25, 0.3) is 0 Å². The maximum absolute atomic E-state index is 11.9. The third kappa shape index (κ3) is 4.34. The van der Waals surface area contributed by atoms with Crippen LogP contribution in [-0.4, -0.2) is 17.4 Å². The molecule has 0 aliphatic carbocycles. The SMILES string of the molecule is O[C@H](CCCc1ccccc1)C(F)(F)F. The summed E-state index contributed by atoms with van der Waals surface area (Å²) in [6, 6.07) is 9.26. The van der Waals surface area contributed by atoms with Gasteiger partial charge in [0.2, 0.25) is 0 Å². The molecule has 0 spiro atoms. The number of rotatable bonds is 4. The summed E-state index contributed by atoms with van der Waals surface area (Å²) in [5.41, 5.74) is 0.992. The summed E-state index contributed by atoms with van der Waals surface area (Å²) in [6.45, 7) is 0. The summed E-state index contributed by atoms with van der Waals surface area (Å²) >= 11 is 0. The lowest BCUT2D eigenvalue weighted by Crippen LogP contribution is -2.28. The summed E-state index contributed by atoms with van der Waals surface area (Å²) < 4.78 is 35.8. The highest BCUT2D eigenvalue weighted by atomic mass is 19.4. The predicted molar refractivity (Wildman–Crippen MR) is 51.4 cm³/mol. The zero-order valence-corrected chi connectivity index (χ0v) is 8.17. The summed E-state index contributed by atoms with van der Waals surface area (Å²) in [5, 5.41) is 8.74. The molecule has 0 aromatic heterocycles. The Balaban J connectivity index is 2.28. The maximum Gasteiger partial charge on any atom is 0.414 e. The number of aliphatic hydroxyl groups is 1. The van der Waals surface area contributed by atoms with Crippen LogP contribution in [0.4, 0.5) is 13.2 Å². The molecule has 0 heterocycles. The van der Waals surface area contributed by atoms with Crippen LogP contribution >= 0.6 is 0 Å². The molecular weight excluding hydrogens is 205 g/mol. The smallest absolute Gasteiger partial charge is 0.384 e. The lowest BCUT2D eigenvalue weighted by Gasteiger charge is -2.13. The van der Waals surface area contributed by atoms with Gasteiger partial charge in [-0.3, -0.25) is 0 Å². The Morgan fingerprint density at radius 2 is 1.73 bits per heavy atom. The predicted octanol–water partition coefficient (Wildman–Crippen LogP) is 2.93. The zero-order valence-electron chi connectivity index (χ0n) is 8.17. The molecule has 1 rings (SSSR count). The maximum atomic E-state index is 11.9. The summed E-state index contributed by atoms with van der Waals surface area (Å²) in [4.78, 5) is 0. The number of aliphatic hydroxyl groups excluding tert-OH is 1. The van der Waals surface area contributed by atoms with Gasteiger partial charge in [-0.05, 0) is 24.8 Å². The quantitative estimate of drug-likeness (QED) is 0.823. The second-order valence-corrected chi connectivity index (χ2v) is 3.44. The highest BCUT2D eigenvalue weighted by Crippen LogP contribution is 2.23. The van der Waals surface area contributed by atoms with Crippen LogP contribution in [0.2, 0.25) is 0 Å². The molecule has 1 atom stereocenters. The average molecular weight is 218 g/mol. The second kappa shape index (κ2) is 5.16. The summed E-state index contributed by atoms with van der Waals surface area (Å²) in [5.74, 6) is 0. The molecule has 1 aromatic rings. The van der Waals surface area contributed by atoms with Crippen molar-refractivity contribution in [2.24, 2.45) is 0 Å².